The number of piperidine rings is 1. The van der Waals surface area contributed by atoms with Gasteiger partial charge in [-0.05, 0) is 31.0 Å². The number of carbonyl (C=O) groups excluding carboxylic acids is 1. The molecule has 0 bridgehead atoms. The summed E-state index contributed by atoms with van der Waals surface area (Å²) >= 11 is 3.42. The molecule has 1 aromatic rings. The van der Waals surface area contributed by atoms with Crippen molar-refractivity contribution in [2.75, 3.05) is 25.0 Å². The van der Waals surface area contributed by atoms with Gasteiger partial charge in [0.2, 0.25) is 5.91 Å². The van der Waals surface area contributed by atoms with Crippen LogP contribution >= 0.6 is 15.9 Å². The van der Waals surface area contributed by atoms with Crippen molar-refractivity contribution in [2.24, 2.45) is 5.92 Å². The third kappa shape index (κ3) is 3.27. The molecular formula is C14H16BrN3O. The average molecular weight is 322 g/mol. The molecule has 1 amide bonds. The minimum Gasteiger partial charge on any atom is -0.371 e. The Morgan fingerprint density at radius 2 is 2.32 bits per heavy atom. The molecule has 1 N–H and O–H groups in total. The lowest BCUT2D eigenvalue weighted by Gasteiger charge is -2.33. The van der Waals surface area contributed by atoms with Gasteiger partial charge in [-0.1, -0.05) is 15.9 Å². The number of rotatable bonds is 2. The van der Waals surface area contributed by atoms with Gasteiger partial charge in [-0.25, -0.2) is 0 Å². The molecule has 5 heteroatoms. The van der Waals surface area contributed by atoms with Gasteiger partial charge in [0.1, 0.15) is 0 Å². The fourth-order valence-electron chi connectivity index (χ4n) is 2.45. The summed E-state index contributed by atoms with van der Waals surface area (Å²) in [5, 5.41) is 11.7. The van der Waals surface area contributed by atoms with Crippen molar-refractivity contribution in [1.29, 1.82) is 5.26 Å². The summed E-state index contributed by atoms with van der Waals surface area (Å²) in [5.41, 5.74) is 1.63. The van der Waals surface area contributed by atoms with E-state index < -0.39 is 0 Å². The number of carbonyl (C=O) groups is 1. The van der Waals surface area contributed by atoms with Crippen LogP contribution in [0.5, 0.6) is 0 Å². The van der Waals surface area contributed by atoms with Crippen LogP contribution in [0, 0.1) is 17.2 Å². The minimum absolute atomic E-state index is 0.0308. The molecule has 19 heavy (non-hydrogen) atoms. The van der Waals surface area contributed by atoms with Crippen molar-refractivity contribution in [3.63, 3.8) is 0 Å². The zero-order valence-electron chi connectivity index (χ0n) is 10.8. The molecule has 1 aliphatic rings. The van der Waals surface area contributed by atoms with E-state index in [-0.39, 0.29) is 11.8 Å². The first-order chi connectivity index (χ1) is 9.13. The standard InChI is InChI=1S/C14H16BrN3O/c1-17-14(19)11-3-2-4-18(9-11)13-6-10(8-16)5-12(15)7-13/h5-7,11H,2-4,9H2,1H3,(H,17,19). The lowest BCUT2D eigenvalue weighted by molar-refractivity contribution is -0.124. The summed E-state index contributed by atoms with van der Waals surface area (Å²) in [6, 6.07) is 7.82. The maximum atomic E-state index is 11.7. The first kappa shape index (κ1) is 13.9. The van der Waals surface area contributed by atoms with E-state index in [0.717, 1.165) is 29.5 Å². The highest BCUT2D eigenvalue weighted by atomic mass is 79.9. The third-order valence-corrected chi connectivity index (χ3v) is 3.87. The summed E-state index contributed by atoms with van der Waals surface area (Å²) < 4.78 is 0.892. The maximum absolute atomic E-state index is 11.7. The quantitative estimate of drug-likeness (QED) is 0.909. The minimum atomic E-state index is 0.0308. The van der Waals surface area contributed by atoms with Crippen LogP contribution in [0.25, 0.3) is 0 Å². The Balaban J connectivity index is 2.20. The van der Waals surface area contributed by atoms with Gasteiger partial charge in [-0.15, -0.1) is 0 Å². The molecule has 0 spiro atoms. The van der Waals surface area contributed by atoms with E-state index in [0.29, 0.717) is 12.1 Å². The SMILES string of the molecule is CNC(=O)C1CCCN(c2cc(Br)cc(C#N)c2)C1. The van der Waals surface area contributed by atoms with Gasteiger partial charge in [-0.3, -0.25) is 4.79 Å². The Kier molecular flexibility index (Phi) is 4.43. The van der Waals surface area contributed by atoms with Gasteiger partial charge < -0.3 is 10.2 Å². The van der Waals surface area contributed by atoms with Crippen molar-refractivity contribution in [3.8, 4) is 6.07 Å². The smallest absolute Gasteiger partial charge is 0.224 e. The summed E-state index contributed by atoms with van der Waals surface area (Å²) in [6.07, 6.45) is 1.92. The number of nitriles is 1. The summed E-state index contributed by atoms with van der Waals surface area (Å²) in [6.45, 7) is 1.63. The van der Waals surface area contributed by atoms with Gasteiger partial charge in [0.25, 0.3) is 0 Å². The molecule has 0 aliphatic carbocycles. The fraction of sp³-hybridized carbons (Fsp3) is 0.429. The lowest BCUT2D eigenvalue weighted by Crippen LogP contribution is -2.42. The zero-order chi connectivity index (χ0) is 13.8. The van der Waals surface area contributed by atoms with Crippen molar-refractivity contribution in [1.82, 2.24) is 5.32 Å². The maximum Gasteiger partial charge on any atom is 0.224 e. The monoisotopic (exact) mass is 321 g/mol. The Bertz CT molecular complexity index is 524. The number of anilines is 1. The molecule has 0 saturated carbocycles. The highest BCUT2D eigenvalue weighted by Gasteiger charge is 2.25. The second kappa shape index (κ2) is 6.07. The average Bonchev–Trinajstić information content (AvgIpc) is 2.45. The Morgan fingerprint density at radius 1 is 1.53 bits per heavy atom. The van der Waals surface area contributed by atoms with Crippen LogP contribution in [-0.2, 0) is 4.79 Å². The largest absolute Gasteiger partial charge is 0.371 e. The van der Waals surface area contributed by atoms with Crippen molar-refractivity contribution >= 4 is 27.5 Å². The summed E-state index contributed by atoms with van der Waals surface area (Å²) in [7, 11) is 1.67. The molecule has 100 valence electrons. The van der Waals surface area contributed by atoms with Crippen LogP contribution in [-0.4, -0.2) is 26.0 Å². The van der Waals surface area contributed by atoms with Crippen LogP contribution in [0.3, 0.4) is 0 Å². The topological polar surface area (TPSA) is 56.1 Å². The Labute approximate surface area is 121 Å². The van der Waals surface area contributed by atoms with Crippen LogP contribution in [0.15, 0.2) is 22.7 Å². The van der Waals surface area contributed by atoms with Crippen LogP contribution < -0.4 is 10.2 Å². The predicted octanol–water partition coefficient (Wildman–Crippen LogP) is 2.28. The van der Waals surface area contributed by atoms with E-state index >= 15 is 0 Å². The van der Waals surface area contributed by atoms with Gasteiger partial charge in [-0.2, -0.15) is 5.26 Å². The lowest BCUT2D eigenvalue weighted by atomic mass is 9.96. The summed E-state index contributed by atoms with van der Waals surface area (Å²) in [5.74, 6) is 0.128. The molecule has 1 aromatic carbocycles. The number of amides is 1. The molecule has 1 saturated heterocycles. The molecule has 2 rings (SSSR count). The molecule has 1 fully saturated rings. The molecule has 1 atom stereocenters. The Morgan fingerprint density at radius 3 is 3.00 bits per heavy atom. The molecule has 1 aliphatic heterocycles. The van der Waals surface area contributed by atoms with Crippen molar-refractivity contribution < 1.29 is 4.79 Å². The van der Waals surface area contributed by atoms with Gasteiger partial charge >= 0.3 is 0 Å². The highest BCUT2D eigenvalue weighted by Crippen LogP contribution is 2.27. The Hall–Kier alpha value is -1.54. The predicted molar refractivity (Wildman–Crippen MR) is 77.9 cm³/mol. The second-order valence-electron chi connectivity index (χ2n) is 4.71. The van der Waals surface area contributed by atoms with Crippen molar-refractivity contribution in [3.05, 3.63) is 28.2 Å². The van der Waals surface area contributed by atoms with Gasteiger partial charge in [0, 0.05) is 30.3 Å². The van der Waals surface area contributed by atoms with E-state index in [2.05, 4.69) is 32.2 Å². The normalized spacial score (nSPS) is 18.8. The third-order valence-electron chi connectivity index (χ3n) is 3.42. The fourth-order valence-corrected chi connectivity index (χ4v) is 2.93. The molecule has 4 nitrogen and oxygen atoms in total. The number of nitrogens with zero attached hydrogens (tertiary/aromatic N) is 2. The molecule has 1 unspecified atom stereocenters. The first-order valence-corrected chi connectivity index (χ1v) is 7.10. The van der Waals surface area contributed by atoms with E-state index in [1.54, 1.807) is 13.1 Å². The first-order valence-electron chi connectivity index (χ1n) is 6.31. The molecule has 0 aromatic heterocycles. The van der Waals surface area contributed by atoms with Gasteiger partial charge in [0.15, 0.2) is 0 Å². The van der Waals surface area contributed by atoms with E-state index in [9.17, 15) is 4.79 Å². The number of nitrogens with one attached hydrogen (secondary N) is 1. The molecule has 1 heterocycles. The molecular weight excluding hydrogens is 306 g/mol. The number of hydrogen-bond acceptors (Lipinski definition) is 3. The second-order valence-corrected chi connectivity index (χ2v) is 5.63. The summed E-state index contributed by atoms with van der Waals surface area (Å²) in [4.78, 5) is 13.9. The molecule has 0 radical (unpaired) electrons. The van der Waals surface area contributed by atoms with Crippen LogP contribution in [0.4, 0.5) is 5.69 Å². The van der Waals surface area contributed by atoms with Crippen LogP contribution in [0.2, 0.25) is 0 Å². The van der Waals surface area contributed by atoms with Crippen molar-refractivity contribution in [2.45, 2.75) is 12.8 Å². The number of benzene rings is 1. The van der Waals surface area contributed by atoms with Crippen LogP contribution in [0.1, 0.15) is 18.4 Å². The number of hydrogen-bond donors (Lipinski definition) is 1. The highest BCUT2D eigenvalue weighted by molar-refractivity contribution is 9.10. The number of halogens is 1. The van der Waals surface area contributed by atoms with E-state index in [4.69, 9.17) is 5.26 Å². The van der Waals surface area contributed by atoms with E-state index in [1.165, 1.54) is 0 Å². The van der Waals surface area contributed by atoms with E-state index in [1.807, 2.05) is 12.1 Å². The zero-order valence-corrected chi connectivity index (χ0v) is 12.4. The van der Waals surface area contributed by atoms with Gasteiger partial charge in [0.05, 0.1) is 17.6 Å².